The summed E-state index contributed by atoms with van der Waals surface area (Å²) >= 11 is 0. The Morgan fingerprint density at radius 2 is 1.70 bits per heavy atom. The van der Waals surface area contributed by atoms with E-state index >= 15 is 0 Å². The van der Waals surface area contributed by atoms with Crippen molar-refractivity contribution in [3.63, 3.8) is 0 Å². The number of hydrogen-bond donors (Lipinski definition) is 1. The van der Waals surface area contributed by atoms with Gasteiger partial charge in [-0.3, -0.25) is 0 Å². The van der Waals surface area contributed by atoms with E-state index < -0.39 is 6.10 Å². The first-order valence-electron chi connectivity index (χ1n) is 7.89. The Hall–Kier alpha value is -1.22. The monoisotopic (exact) mass is 278 g/mol. The second-order valence-electron chi connectivity index (χ2n) is 5.48. The first-order valence-corrected chi connectivity index (χ1v) is 7.89. The average Bonchev–Trinajstić information content (AvgIpc) is 2.50. The molecule has 1 heterocycles. The van der Waals surface area contributed by atoms with E-state index in [0.717, 1.165) is 29.9 Å². The van der Waals surface area contributed by atoms with Crippen LogP contribution in [0.4, 0.5) is 0 Å². The van der Waals surface area contributed by atoms with Gasteiger partial charge in [0, 0.05) is 0 Å². The topological polar surface area (TPSA) is 38.7 Å². The van der Waals surface area contributed by atoms with Gasteiger partial charge >= 0.3 is 0 Å². The Bertz CT molecular complexity index is 403. The van der Waals surface area contributed by atoms with E-state index in [1.807, 2.05) is 18.2 Å². The van der Waals surface area contributed by atoms with Crippen molar-refractivity contribution in [3.8, 4) is 11.5 Å². The fourth-order valence-electron chi connectivity index (χ4n) is 2.55. The van der Waals surface area contributed by atoms with Crippen LogP contribution in [0.5, 0.6) is 11.5 Å². The van der Waals surface area contributed by atoms with Crippen molar-refractivity contribution in [2.45, 2.75) is 58.0 Å². The largest absolute Gasteiger partial charge is 0.486 e. The highest BCUT2D eigenvalue weighted by Crippen LogP contribution is 2.33. The van der Waals surface area contributed by atoms with Gasteiger partial charge in [-0.15, -0.1) is 0 Å². The molecule has 1 aromatic rings. The molecule has 3 nitrogen and oxygen atoms in total. The molecule has 0 spiro atoms. The van der Waals surface area contributed by atoms with E-state index in [4.69, 9.17) is 9.47 Å². The molecule has 0 radical (unpaired) electrons. The van der Waals surface area contributed by atoms with Crippen molar-refractivity contribution in [2.75, 3.05) is 13.2 Å². The van der Waals surface area contributed by atoms with E-state index in [0.29, 0.717) is 13.2 Å². The average molecular weight is 278 g/mol. The fraction of sp³-hybridized carbons (Fsp3) is 0.647. The first-order chi connectivity index (χ1) is 9.81. The van der Waals surface area contributed by atoms with Gasteiger partial charge in [-0.1, -0.05) is 51.5 Å². The smallest absolute Gasteiger partial charge is 0.161 e. The normalized spacial score (nSPS) is 15.1. The number of aliphatic hydroxyl groups excluding tert-OH is 1. The van der Waals surface area contributed by atoms with Crippen LogP contribution in [-0.2, 0) is 0 Å². The molecule has 0 amide bonds. The highest BCUT2D eigenvalue weighted by molar-refractivity contribution is 5.44. The third-order valence-corrected chi connectivity index (χ3v) is 3.78. The Balaban J connectivity index is 1.76. The van der Waals surface area contributed by atoms with Crippen LogP contribution in [0.3, 0.4) is 0 Å². The third kappa shape index (κ3) is 4.41. The van der Waals surface area contributed by atoms with Crippen LogP contribution < -0.4 is 9.47 Å². The number of aliphatic hydroxyl groups is 1. The van der Waals surface area contributed by atoms with Gasteiger partial charge in [-0.25, -0.2) is 0 Å². The van der Waals surface area contributed by atoms with Gasteiger partial charge in [0.05, 0.1) is 6.10 Å². The minimum absolute atomic E-state index is 0.392. The molecule has 20 heavy (non-hydrogen) atoms. The summed E-state index contributed by atoms with van der Waals surface area (Å²) in [4.78, 5) is 0. The summed E-state index contributed by atoms with van der Waals surface area (Å²) in [6.07, 6.45) is 7.92. The molecule has 1 N–H and O–H groups in total. The Kier molecular flexibility index (Phi) is 6.19. The van der Waals surface area contributed by atoms with E-state index in [9.17, 15) is 5.11 Å². The molecular weight excluding hydrogens is 252 g/mol. The van der Waals surface area contributed by atoms with Crippen molar-refractivity contribution >= 4 is 0 Å². The van der Waals surface area contributed by atoms with Crippen molar-refractivity contribution < 1.29 is 14.6 Å². The van der Waals surface area contributed by atoms with Gasteiger partial charge in [0.2, 0.25) is 0 Å². The molecule has 0 aromatic heterocycles. The highest BCUT2D eigenvalue weighted by atomic mass is 16.6. The van der Waals surface area contributed by atoms with Crippen molar-refractivity contribution in [1.29, 1.82) is 0 Å². The quantitative estimate of drug-likeness (QED) is 0.723. The summed E-state index contributed by atoms with van der Waals surface area (Å²) in [6.45, 7) is 3.42. The van der Waals surface area contributed by atoms with Gasteiger partial charge in [-0.05, 0) is 24.1 Å². The molecule has 0 bridgehead atoms. The molecular formula is C17H26O3. The van der Waals surface area contributed by atoms with Crippen molar-refractivity contribution in [1.82, 2.24) is 0 Å². The van der Waals surface area contributed by atoms with Gasteiger partial charge in [0.15, 0.2) is 11.5 Å². The molecule has 0 aliphatic carbocycles. The van der Waals surface area contributed by atoms with Gasteiger partial charge in [0.1, 0.15) is 13.2 Å². The summed E-state index contributed by atoms with van der Waals surface area (Å²) in [5, 5.41) is 10.2. The predicted octanol–water partition coefficient (Wildman–Crippen LogP) is 4.24. The Labute approximate surface area is 121 Å². The number of benzene rings is 1. The van der Waals surface area contributed by atoms with Crippen LogP contribution in [0.15, 0.2) is 18.2 Å². The second-order valence-corrected chi connectivity index (χ2v) is 5.48. The number of ether oxygens (including phenoxy) is 2. The van der Waals surface area contributed by atoms with Crippen LogP contribution in [-0.4, -0.2) is 18.3 Å². The molecule has 2 rings (SSSR count). The first kappa shape index (κ1) is 15.2. The third-order valence-electron chi connectivity index (χ3n) is 3.78. The molecule has 1 aromatic carbocycles. The summed E-state index contributed by atoms with van der Waals surface area (Å²) < 4.78 is 11.0. The zero-order valence-corrected chi connectivity index (χ0v) is 12.4. The molecule has 1 aliphatic heterocycles. The van der Waals surface area contributed by atoms with Gasteiger partial charge in [0.25, 0.3) is 0 Å². The van der Waals surface area contributed by atoms with Crippen LogP contribution in [0.25, 0.3) is 0 Å². The summed E-state index contributed by atoms with van der Waals surface area (Å²) in [7, 11) is 0. The molecule has 0 saturated carbocycles. The standard InChI is InChI=1S/C17H26O3/c1-2-3-4-5-6-7-8-15(18)14-9-10-16-17(13-14)20-12-11-19-16/h9-10,13,15,18H,2-8,11-12H2,1H3. The maximum absolute atomic E-state index is 10.2. The van der Waals surface area contributed by atoms with E-state index in [1.165, 1.54) is 32.1 Å². The Morgan fingerprint density at radius 3 is 2.50 bits per heavy atom. The fourth-order valence-corrected chi connectivity index (χ4v) is 2.55. The predicted molar refractivity (Wildman–Crippen MR) is 80.4 cm³/mol. The van der Waals surface area contributed by atoms with Crippen LogP contribution in [0.2, 0.25) is 0 Å². The molecule has 3 heteroatoms. The zero-order chi connectivity index (χ0) is 14.2. The van der Waals surface area contributed by atoms with Gasteiger partial charge in [-0.2, -0.15) is 0 Å². The second kappa shape index (κ2) is 8.15. The lowest BCUT2D eigenvalue weighted by molar-refractivity contribution is 0.157. The molecule has 112 valence electrons. The van der Waals surface area contributed by atoms with Crippen molar-refractivity contribution in [2.24, 2.45) is 0 Å². The number of fused-ring (bicyclic) bond motifs is 1. The Morgan fingerprint density at radius 1 is 1.00 bits per heavy atom. The maximum Gasteiger partial charge on any atom is 0.161 e. The van der Waals surface area contributed by atoms with Crippen LogP contribution in [0, 0.1) is 0 Å². The zero-order valence-electron chi connectivity index (χ0n) is 12.4. The summed E-state index contributed by atoms with van der Waals surface area (Å²) in [6, 6.07) is 5.75. The SMILES string of the molecule is CCCCCCCCC(O)c1ccc2c(c1)OCCO2. The van der Waals surface area contributed by atoms with E-state index in [2.05, 4.69) is 6.92 Å². The number of hydrogen-bond acceptors (Lipinski definition) is 3. The van der Waals surface area contributed by atoms with Crippen LogP contribution >= 0.6 is 0 Å². The molecule has 0 fully saturated rings. The number of rotatable bonds is 8. The minimum Gasteiger partial charge on any atom is -0.486 e. The van der Waals surface area contributed by atoms with Gasteiger partial charge < -0.3 is 14.6 Å². The molecule has 1 unspecified atom stereocenters. The lowest BCUT2D eigenvalue weighted by atomic mass is 10.0. The van der Waals surface area contributed by atoms with Crippen LogP contribution in [0.1, 0.15) is 63.5 Å². The van der Waals surface area contributed by atoms with E-state index in [-0.39, 0.29) is 0 Å². The molecule has 0 saturated heterocycles. The maximum atomic E-state index is 10.2. The highest BCUT2D eigenvalue weighted by Gasteiger charge is 2.15. The minimum atomic E-state index is -0.392. The number of unbranched alkanes of at least 4 members (excludes halogenated alkanes) is 5. The molecule has 1 atom stereocenters. The lowest BCUT2D eigenvalue weighted by Crippen LogP contribution is -2.15. The summed E-state index contributed by atoms with van der Waals surface area (Å²) in [5.74, 6) is 1.54. The summed E-state index contributed by atoms with van der Waals surface area (Å²) in [5.41, 5.74) is 0.933. The van der Waals surface area contributed by atoms with Crippen molar-refractivity contribution in [3.05, 3.63) is 23.8 Å². The van der Waals surface area contributed by atoms with E-state index in [1.54, 1.807) is 0 Å². The molecule has 1 aliphatic rings. The lowest BCUT2D eigenvalue weighted by Gasteiger charge is -2.20.